The molecule has 0 radical (unpaired) electrons. The summed E-state index contributed by atoms with van der Waals surface area (Å²) in [6, 6.07) is 8.35. The van der Waals surface area contributed by atoms with Crippen LogP contribution in [-0.4, -0.2) is 24.9 Å². The van der Waals surface area contributed by atoms with Gasteiger partial charge in [-0.25, -0.2) is 19.9 Å². The summed E-state index contributed by atoms with van der Waals surface area (Å²) in [5.74, 6) is 0.855. The van der Waals surface area contributed by atoms with Crippen LogP contribution < -0.4 is 0 Å². The summed E-state index contributed by atoms with van der Waals surface area (Å²) < 4.78 is 0. The van der Waals surface area contributed by atoms with Crippen molar-refractivity contribution in [3.05, 3.63) is 59.9 Å². The molecular weight excluding hydrogens is 334 g/mol. The van der Waals surface area contributed by atoms with Crippen LogP contribution in [0.25, 0.3) is 22.1 Å². The average Bonchev–Trinajstić information content (AvgIpc) is 3.01. The van der Waals surface area contributed by atoms with E-state index in [1.165, 1.54) is 5.56 Å². The lowest BCUT2D eigenvalue weighted by atomic mass is 9.81. The van der Waals surface area contributed by atoms with Gasteiger partial charge in [-0.05, 0) is 41.7 Å². The Labute approximate surface area is 159 Å². The molecule has 27 heavy (non-hydrogen) atoms. The quantitative estimate of drug-likeness (QED) is 0.575. The normalized spacial score (nSPS) is 12.8. The standard InChI is InChI=1S/C22H25N5/c1-21(2,3)20-25-12-15-10-17(26-19(15)27-20)11-22(4,5)16-9-14-7-6-8-23-18(14)24-13-16/h6-10,12-13H,11H2,1-5H3,(H,25,26,27). The smallest absolute Gasteiger partial charge is 0.159 e. The summed E-state index contributed by atoms with van der Waals surface area (Å²) in [4.78, 5) is 21.6. The molecule has 4 rings (SSSR count). The molecule has 138 valence electrons. The first-order chi connectivity index (χ1) is 12.7. The molecule has 0 amide bonds. The zero-order chi connectivity index (χ0) is 19.2. The molecule has 0 saturated carbocycles. The van der Waals surface area contributed by atoms with Crippen LogP contribution in [0, 0.1) is 0 Å². The number of hydrogen-bond acceptors (Lipinski definition) is 4. The second kappa shape index (κ2) is 6.12. The minimum Gasteiger partial charge on any atom is -0.343 e. The van der Waals surface area contributed by atoms with E-state index in [2.05, 4.69) is 72.8 Å². The van der Waals surface area contributed by atoms with E-state index in [9.17, 15) is 0 Å². The van der Waals surface area contributed by atoms with E-state index in [1.54, 1.807) is 6.20 Å². The third-order valence-corrected chi connectivity index (χ3v) is 4.96. The van der Waals surface area contributed by atoms with E-state index in [4.69, 9.17) is 4.98 Å². The number of aromatic amines is 1. The van der Waals surface area contributed by atoms with Crippen LogP contribution in [0.5, 0.6) is 0 Å². The van der Waals surface area contributed by atoms with Crippen molar-refractivity contribution in [1.82, 2.24) is 24.9 Å². The Kier molecular flexibility index (Phi) is 3.98. The topological polar surface area (TPSA) is 67.3 Å². The highest BCUT2D eigenvalue weighted by Gasteiger charge is 2.24. The van der Waals surface area contributed by atoms with Crippen LogP contribution in [-0.2, 0) is 17.3 Å². The lowest BCUT2D eigenvalue weighted by Gasteiger charge is -2.24. The molecule has 5 heteroatoms. The molecular formula is C22H25N5. The van der Waals surface area contributed by atoms with Gasteiger partial charge in [-0.1, -0.05) is 34.6 Å². The monoisotopic (exact) mass is 359 g/mol. The van der Waals surface area contributed by atoms with E-state index < -0.39 is 0 Å². The number of fused-ring (bicyclic) bond motifs is 2. The number of hydrogen-bond donors (Lipinski definition) is 1. The maximum atomic E-state index is 4.72. The predicted octanol–water partition coefficient (Wildman–Crippen LogP) is 4.72. The van der Waals surface area contributed by atoms with Crippen molar-refractivity contribution in [1.29, 1.82) is 0 Å². The highest BCUT2D eigenvalue weighted by atomic mass is 15.0. The Morgan fingerprint density at radius 3 is 2.52 bits per heavy atom. The van der Waals surface area contributed by atoms with Crippen LogP contribution in [0.2, 0.25) is 0 Å². The second-order valence-corrected chi connectivity index (χ2v) is 8.88. The molecule has 0 atom stereocenters. The largest absolute Gasteiger partial charge is 0.343 e. The van der Waals surface area contributed by atoms with Crippen molar-refractivity contribution in [2.75, 3.05) is 0 Å². The number of pyridine rings is 2. The SMILES string of the molecule is CC(C)(C)c1ncc2cc(CC(C)(C)c3cnc4ncccc4c3)[nH]c2n1. The predicted molar refractivity (Wildman–Crippen MR) is 109 cm³/mol. The molecule has 4 aromatic rings. The summed E-state index contributed by atoms with van der Waals surface area (Å²) in [6.07, 6.45) is 6.49. The zero-order valence-electron chi connectivity index (χ0n) is 16.5. The zero-order valence-corrected chi connectivity index (χ0v) is 16.5. The molecule has 5 nitrogen and oxygen atoms in total. The van der Waals surface area contributed by atoms with Crippen molar-refractivity contribution in [2.45, 2.75) is 51.9 Å². The van der Waals surface area contributed by atoms with Crippen LogP contribution >= 0.6 is 0 Å². The van der Waals surface area contributed by atoms with Crippen molar-refractivity contribution in [3.8, 4) is 0 Å². The van der Waals surface area contributed by atoms with E-state index in [1.807, 2.05) is 18.5 Å². The Bertz CT molecular complexity index is 1120. The van der Waals surface area contributed by atoms with Gasteiger partial charge in [-0.2, -0.15) is 0 Å². The number of aromatic nitrogens is 5. The molecule has 0 spiro atoms. The van der Waals surface area contributed by atoms with Crippen LogP contribution in [0.1, 0.15) is 51.7 Å². The molecule has 4 aromatic heterocycles. The van der Waals surface area contributed by atoms with Crippen LogP contribution in [0.3, 0.4) is 0 Å². The number of nitrogens with one attached hydrogen (secondary N) is 1. The summed E-state index contributed by atoms with van der Waals surface area (Å²) in [5.41, 5.74) is 3.90. The average molecular weight is 359 g/mol. The first-order valence-corrected chi connectivity index (χ1v) is 9.29. The lowest BCUT2D eigenvalue weighted by Crippen LogP contribution is -2.21. The van der Waals surface area contributed by atoms with Gasteiger partial charge in [-0.3, -0.25) is 0 Å². The third kappa shape index (κ3) is 3.42. The van der Waals surface area contributed by atoms with Gasteiger partial charge in [0.2, 0.25) is 0 Å². The van der Waals surface area contributed by atoms with Gasteiger partial charge >= 0.3 is 0 Å². The van der Waals surface area contributed by atoms with Crippen LogP contribution in [0.4, 0.5) is 0 Å². The maximum absolute atomic E-state index is 4.72. The molecule has 0 aliphatic rings. The van der Waals surface area contributed by atoms with Gasteiger partial charge in [-0.15, -0.1) is 0 Å². The summed E-state index contributed by atoms with van der Waals surface area (Å²) in [5, 5.41) is 2.12. The molecule has 0 aromatic carbocycles. The second-order valence-electron chi connectivity index (χ2n) is 8.88. The fraction of sp³-hybridized carbons (Fsp3) is 0.364. The van der Waals surface area contributed by atoms with Gasteiger partial charge < -0.3 is 4.98 Å². The van der Waals surface area contributed by atoms with Crippen molar-refractivity contribution >= 4 is 22.1 Å². The number of H-pyrrole nitrogens is 1. The number of rotatable bonds is 3. The van der Waals surface area contributed by atoms with Crippen LogP contribution in [0.15, 0.2) is 42.9 Å². The minimum absolute atomic E-state index is 0.0659. The van der Waals surface area contributed by atoms with Gasteiger partial charge in [0.1, 0.15) is 11.5 Å². The van der Waals surface area contributed by atoms with E-state index in [0.29, 0.717) is 0 Å². The Morgan fingerprint density at radius 2 is 1.74 bits per heavy atom. The fourth-order valence-corrected chi connectivity index (χ4v) is 3.34. The van der Waals surface area contributed by atoms with Gasteiger partial charge in [0.15, 0.2) is 5.65 Å². The molecule has 0 saturated heterocycles. The molecule has 0 fully saturated rings. The van der Waals surface area contributed by atoms with Gasteiger partial charge in [0.25, 0.3) is 0 Å². The van der Waals surface area contributed by atoms with Crippen molar-refractivity contribution < 1.29 is 0 Å². The fourth-order valence-electron chi connectivity index (χ4n) is 3.34. The first-order valence-electron chi connectivity index (χ1n) is 9.29. The Balaban J connectivity index is 1.66. The third-order valence-electron chi connectivity index (χ3n) is 4.96. The highest BCUT2D eigenvalue weighted by molar-refractivity contribution is 5.76. The lowest BCUT2D eigenvalue weighted by molar-refractivity contribution is 0.515. The summed E-state index contributed by atoms with van der Waals surface area (Å²) >= 11 is 0. The molecule has 0 unspecified atom stereocenters. The van der Waals surface area contributed by atoms with Gasteiger partial charge in [0.05, 0.1) is 0 Å². The minimum atomic E-state index is -0.0712. The number of nitrogens with zero attached hydrogens (tertiary/aromatic N) is 4. The summed E-state index contributed by atoms with van der Waals surface area (Å²) in [6.45, 7) is 10.9. The van der Waals surface area contributed by atoms with Crippen molar-refractivity contribution in [2.24, 2.45) is 0 Å². The molecule has 0 aliphatic heterocycles. The maximum Gasteiger partial charge on any atom is 0.159 e. The molecule has 0 aliphatic carbocycles. The van der Waals surface area contributed by atoms with E-state index in [0.717, 1.165) is 40.0 Å². The molecule has 0 bridgehead atoms. The Morgan fingerprint density at radius 1 is 0.926 bits per heavy atom. The van der Waals surface area contributed by atoms with Gasteiger partial charge in [0, 0.05) is 40.5 Å². The van der Waals surface area contributed by atoms with E-state index in [-0.39, 0.29) is 10.8 Å². The van der Waals surface area contributed by atoms with E-state index >= 15 is 0 Å². The molecule has 1 N–H and O–H groups in total. The highest BCUT2D eigenvalue weighted by Crippen LogP contribution is 2.30. The Hall–Kier alpha value is -2.82. The molecule has 4 heterocycles. The first kappa shape index (κ1) is 17.6. The van der Waals surface area contributed by atoms with Crippen molar-refractivity contribution in [3.63, 3.8) is 0 Å². The summed E-state index contributed by atoms with van der Waals surface area (Å²) in [7, 11) is 0.